The Bertz CT molecular complexity index is 790. The van der Waals surface area contributed by atoms with E-state index < -0.39 is 11.1 Å². The predicted molar refractivity (Wildman–Crippen MR) is 96.9 cm³/mol. The van der Waals surface area contributed by atoms with Gasteiger partial charge in [0.25, 0.3) is 0 Å². The number of halogens is 1. The van der Waals surface area contributed by atoms with E-state index in [0.717, 1.165) is 12.0 Å². The summed E-state index contributed by atoms with van der Waals surface area (Å²) >= 11 is 3.75. The number of aromatic nitrogens is 1. The van der Waals surface area contributed by atoms with Gasteiger partial charge in [0.05, 0.1) is 0 Å². The molecule has 0 saturated heterocycles. The van der Waals surface area contributed by atoms with Crippen LogP contribution in [0.1, 0.15) is 43.0 Å². The summed E-state index contributed by atoms with van der Waals surface area (Å²) in [7, 11) is 0. The molecule has 1 heterocycles. The summed E-state index contributed by atoms with van der Waals surface area (Å²) in [5, 5.41) is 12.7. The van der Waals surface area contributed by atoms with Crippen LogP contribution in [0.15, 0.2) is 41.4 Å². The molecule has 2 rings (SSSR count). The number of rotatable bonds is 7. The fraction of sp³-hybridized carbons (Fsp3) is 0.333. The zero-order valence-corrected chi connectivity index (χ0v) is 15.6. The molecule has 1 N–H and O–H groups in total. The standard InChI is InChI=1S/C18H20ClN3O2S/c1-3-17(22-11-13-4-6-15(9-20)21-10-13)12(2)16-8-14(19)5-7-18(16)25(23)24/h4-8,10,12,17,22H,3,11H2,1-2H3,(H,23,24)/p-1. The highest BCUT2D eigenvalue weighted by molar-refractivity contribution is 7.79. The van der Waals surface area contributed by atoms with Crippen LogP contribution in [-0.2, 0) is 17.6 Å². The van der Waals surface area contributed by atoms with Crippen LogP contribution in [0.2, 0.25) is 5.02 Å². The minimum atomic E-state index is -2.31. The molecule has 7 heteroatoms. The number of hydrogen-bond acceptors (Lipinski definition) is 5. The monoisotopic (exact) mass is 376 g/mol. The maximum Gasteiger partial charge on any atom is 0.140 e. The van der Waals surface area contributed by atoms with Crippen molar-refractivity contribution >= 4 is 22.7 Å². The van der Waals surface area contributed by atoms with Crippen LogP contribution in [0, 0.1) is 11.3 Å². The van der Waals surface area contributed by atoms with Crippen LogP contribution in [0.25, 0.3) is 0 Å². The van der Waals surface area contributed by atoms with Gasteiger partial charge in [0, 0.05) is 28.7 Å². The Morgan fingerprint density at radius 1 is 1.40 bits per heavy atom. The van der Waals surface area contributed by atoms with Gasteiger partial charge < -0.3 is 9.87 Å². The summed E-state index contributed by atoms with van der Waals surface area (Å²) in [6.07, 6.45) is 2.49. The third kappa shape index (κ3) is 5.10. The lowest BCUT2D eigenvalue weighted by Crippen LogP contribution is -2.33. The Balaban J connectivity index is 2.15. The minimum absolute atomic E-state index is 0.0389. The molecule has 1 aromatic carbocycles. The maximum absolute atomic E-state index is 11.5. The van der Waals surface area contributed by atoms with Gasteiger partial charge in [-0.15, -0.1) is 0 Å². The molecule has 25 heavy (non-hydrogen) atoms. The van der Waals surface area contributed by atoms with Crippen molar-refractivity contribution in [2.45, 2.75) is 43.7 Å². The summed E-state index contributed by atoms with van der Waals surface area (Å²) in [6.45, 7) is 4.61. The zero-order chi connectivity index (χ0) is 18.4. The first-order chi connectivity index (χ1) is 12.0. The minimum Gasteiger partial charge on any atom is -0.768 e. The van der Waals surface area contributed by atoms with Crippen molar-refractivity contribution in [3.8, 4) is 6.07 Å². The van der Waals surface area contributed by atoms with Gasteiger partial charge in [0.2, 0.25) is 0 Å². The lowest BCUT2D eigenvalue weighted by Gasteiger charge is -2.27. The molecule has 5 nitrogen and oxygen atoms in total. The summed E-state index contributed by atoms with van der Waals surface area (Å²) in [5.41, 5.74) is 2.05. The molecule has 0 fully saturated rings. The molecule has 1 aromatic heterocycles. The largest absolute Gasteiger partial charge is 0.768 e. The molecule has 0 saturated carbocycles. The van der Waals surface area contributed by atoms with Crippen molar-refractivity contribution < 1.29 is 8.76 Å². The Hall–Kier alpha value is -1.78. The fourth-order valence-electron chi connectivity index (χ4n) is 2.76. The predicted octanol–water partition coefficient (Wildman–Crippen LogP) is 3.52. The molecule has 0 bridgehead atoms. The molecular weight excluding hydrogens is 358 g/mol. The van der Waals surface area contributed by atoms with Crippen LogP contribution in [-0.4, -0.2) is 19.8 Å². The first-order valence-electron chi connectivity index (χ1n) is 7.93. The van der Waals surface area contributed by atoms with Crippen LogP contribution in [0.4, 0.5) is 0 Å². The molecule has 0 aliphatic heterocycles. The normalized spacial score (nSPS) is 14.5. The molecule has 0 spiro atoms. The summed E-state index contributed by atoms with van der Waals surface area (Å²) in [5.74, 6) is -0.0389. The summed E-state index contributed by atoms with van der Waals surface area (Å²) in [4.78, 5) is 4.33. The van der Waals surface area contributed by atoms with Gasteiger partial charge >= 0.3 is 0 Å². The third-order valence-electron chi connectivity index (χ3n) is 4.19. The van der Waals surface area contributed by atoms with Crippen LogP contribution < -0.4 is 5.32 Å². The van der Waals surface area contributed by atoms with Gasteiger partial charge in [-0.05, 0) is 58.8 Å². The average Bonchev–Trinajstić information content (AvgIpc) is 2.62. The maximum atomic E-state index is 11.5. The second-order valence-corrected chi connectivity index (χ2v) is 7.11. The molecule has 3 atom stereocenters. The highest BCUT2D eigenvalue weighted by Gasteiger charge is 2.20. The van der Waals surface area contributed by atoms with Crippen molar-refractivity contribution in [1.29, 1.82) is 5.26 Å². The average molecular weight is 377 g/mol. The number of nitrogens with one attached hydrogen (secondary N) is 1. The van der Waals surface area contributed by atoms with E-state index in [1.807, 2.05) is 26.0 Å². The SMILES string of the molecule is CCC(NCc1ccc(C#N)nc1)C(C)c1cc(Cl)ccc1S(=O)[O-]. The van der Waals surface area contributed by atoms with Crippen LogP contribution >= 0.6 is 11.6 Å². The molecule has 3 unspecified atom stereocenters. The van der Waals surface area contributed by atoms with E-state index in [1.54, 1.807) is 24.4 Å². The van der Waals surface area contributed by atoms with Gasteiger partial charge in [-0.2, -0.15) is 5.26 Å². The first-order valence-corrected chi connectivity index (χ1v) is 9.38. The van der Waals surface area contributed by atoms with E-state index >= 15 is 0 Å². The van der Waals surface area contributed by atoms with Gasteiger partial charge in [-0.3, -0.25) is 4.21 Å². The van der Waals surface area contributed by atoms with Gasteiger partial charge in [0.1, 0.15) is 11.8 Å². The number of hydrogen-bond donors (Lipinski definition) is 1. The molecule has 0 radical (unpaired) electrons. The van der Waals surface area contributed by atoms with Crippen molar-refractivity contribution in [2.24, 2.45) is 0 Å². The summed E-state index contributed by atoms with van der Waals surface area (Å²) in [6, 6.07) is 10.4. The smallest absolute Gasteiger partial charge is 0.140 e. The van der Waals surface area contributed by atoms with E-state index in [1.165, 1.54) is 6.07 Å². The number of nitriles is 1. The Morgan fingerprint density at radius 3 is 2.72 bits per heavy atom. The van der Waals surface area contributed by atoms with Crippen LogP contribution in [0.3, 0.4) is 0 Å². The molecule has 132 valence electrons. The van der Waals surface area contributed by atoms with Gasteiger partial charge in [0.15, 0.2) is 0 Å². The highest BCUT2D eigenvalue weighted by atomic mass is 35.5. The van der Waals surface area contributed by atoms with Gasteiger partial charge in [-0.1, -0.05) is 31.5 Å². The van der Waals surface area contributed by atoms with Gasteiger partial charge in [-0.25, -0.2) is 4.98 Å². The highest BCUT2D eigenvalue weighted by Crippen LogP contribution is 2.29. The quantitative estimate of drug-likeness (QED) is 0.747. The topological polar surface area (TPSA) is 88.8 Å². The lowest BCUT2D eigenvalue weighted by atomic mass is 9.91. The van der Waals surface area contributed by atoms with Crippen molar-refractivity contribution in [2.75, 3.05) is 0 Å². The molecular formula is C18H19ClN3O2S-. The number of pyridine rings is 1. The van der Waals surface area contributed by atoms with E-state index in [9.17, 15) is 8.76 Å². The lowest BCUT2D eigenvalue weighted by molar-refractivity contribution is 0.431. The van der Waals surface area contributed by atoms with E-state index in [2.05, 4.69) is 10.3 Å². The van der Waals surface area contributed by atoms with E-state index in [0.29, 0.717) is 22.8 Å². The van der Waals surface area contributed by atoms with E-state index in [-0.39, 0.29) is 16.9 Å². The first kappa shape index (κ1) is 19.5. The Morgan fingerprint density at radius 2 is 2.16 bits per heavy atom. The summed E-state index contributed by atoms with van der Waals surface area (Å²) < 4.78 is 23.0. The van der Waals surface area contributed by atoms with Crippen LogP contribution in [0.5, 0.6) is 0 Å². The Kier molecular flexibility index (Phi) is 7.09. The second-order valence-electron chi connectivity index (χ2n) is 5.76. The molecule has 0 aliphatic rings. The Labute approximate surface area is 155 Å². The molecule has 0 amide bonds. The van der Waals surface area contributed by atoms with E-state index in [4.69, 9.17) is 16.9 Å². The fourth-order valence-corrected chi connectivity index (χ4v) is 3.56. The molecule has 2 aromatic rings. The van der Waals surface area contributed by atoms with Crippen molar-refractivity contribution in [1.82, 2.24) is 10.3 Å². The van der Waals surface area contributed by atoms with Crippen molar-refractivity contribution in [3.05, 3.63) is 58.4 Å². The third-order valence-corrected chi connectivity index (χ3v) is 5.16. The second kappa shape index (κ2) is 9.07. The van der Waals surface area contributed by atoms with Crippen molar-refractivity contribution in [3.63, 3.8) is 0 Å². The number of nitrogens with zero attached hydrogens (tertiary/aromatic N) is 2. The zero-order valence-electron chi connectivity index (χ0n) is 14.0. The molecule has 0 aliphatic carbocycles. The number of benzene rings is 1.